The van der Waals surface area contributed by atoms with E-state index >= 15 is 0 Å². The van der Waals surface area contributed by atoms with Gasteiger partial charge in [0.2, 0.25) is 0 Å². The summed E-state index contributed by atoms with van der Waals surface area (Å²) < 4.78 is 0. The van der Waals surface area contributed by atoms with Crippen LogP contribution in [0.15, 0.2) is 11.6 Å². The summed E-state index contributed by atoms with van der Waals surface area (Å²) in [5.41, 5.74) is 0.824. The van der Waals surface area contributed by atoms with Crippen molar-refractivity contribution in [3.05, 3.63) is 11.6 Å². The molecule has 0 spiro atoms. The fourth-order valence-electron chi connectivity index (χ4n) is 5.94. The van der Waals surface area contributed by atoms with Crippen molar-refractivity contribution in [2.24, 2.45) is 23.2 Å². The van der Waals surface area contributed by atoms with E-state index in [1.165, 1.54) is 44.6 Å². The summed E-state index contributed by atoms with van der Waals surface area (Å²) in [4.78, 5) is 26.0. The molecular formula is C17H23NO2. The average Bonchev–Trinajstić information content (AvgIpc) is 2.60. The Morgan fingerprint density at radius 2 is 1.60 bits per heavy atom. The van der Waals surface area contributed by atoms with E-state index in [1.807, 2.05) is 0 Å². The van der Waals surface area contributed by atoms with E-state index in [9.17, 15) is 9.59 Å². The van der Waals surface area contributed by atoms with Crippen molar-refractivity contribution >= 4 is 11.8 Å². The molecule has 20 heavy (non-hydrogen) atoms. The highest BCUT2D eigenvalue weighted by Crippen LogP contribution is 2.62. The van der Waals surface area contributed by atoms with Gasteiger partial charge in [0, 0.05) is 17.7 Å². The number of hydrogen-bond acceptors (Lipinski definition) is 2. The Morgan fingerprint density at radius 3 is 2.00 bits per heavy atom. The molecule has 1 atom stereocenters. The Hall–Kier alpha value is -1.12. The minimum atomic E-state index is -0.0873. The standard InChI is InChI=1S/C17H23NO2/c1-10-3-15(19)18(16(10)20)11(2)17-7-12-4-13(8-17)6-14(5-12)9-17/h3,11-14H,4-9H2,1-2H3. The molecule has 2 amide bonds. The molecule has 0 N–H and O–H groups in total. The van der Waals surface area contributed by atoms with Gasteiger partial charge in [-0.2, -0.15) is 0 Å². The third-order valence-electron chi connectivity index (χ3n) is 6.49. The SMILES string of the molecule is CC1=CC(=O)N(C(C)C23CC4CC(CC(C4)C2)C3)C1=O. The van der Waals surface area contributed by atoms with Gasteiger partial charge in [0.15, 0.2) is 0 Å². The minimum Gasteiger partial charge on any atom is -0.272 e. The van der Waals surface area contributed by atoms with Crippen molar-refractivity contribution in [2.75, 3.05) is 0 Å². The van der Waals surface area contributed by atoms with Crippen LogP contribution in [0.1, 0.15) is 52.4 Å². The highest BCUT2D eigenvalue weighted by atomic mass is 16.2. The molecule has 108 valence electrons. The van der Waals surface area contributed by atoms with Crippen LogP contribution in [0.4, 0.5) is 0 Å². The zero-order valence-corrected chi connectivity index (χ0v) is 12.4. The van der Waals surface area contributed by atoms with Crippen molar-refractivity contribution in [1.82, 2.24) is 4.90 Å². The molecule has 4 saturated carbocycles. The maximum absolute atomic E-state index is 12.3. The second kappa shape index (κ2) is 3.96. The topological polar surface area (TPSA) is 37.4 Å². The van der Waals surface area contributed by atoms with Crippen LogP contribution in [0.3, 0.4) is 0 Å². The fraction of sp³-hybridized carbons (Fsp3) is 0.765. The molecule has 4 fully saturated rings. The third kappa shape index (κ3) is 1.58. The van der Waals surface area contributed by atoms with E-state index in [0.717, 1.165) is 17.8 Å². The molecule has 0 aromatic heterocycles. The molecule has 4 bridgehead atoms. The first-order valence-corrected chi connectivity index (χ1v) is 8.04. The lowest BCUT2D eigenvalue weighted by atomic mass is 9.47. The largest absolute Gasteiger partial charge is 0.272 e. The number of rotatable bonds is 2. The maximum Gasteiger partial charge on any atom is 0.256 e. The Bertz CT molecular complexity index is 484. The lowest BCUT2D eigenvalue weighted by Gasteiger charge is -2.59. The summed E-state index contributed by atoms with van der Waals surface area (Å²) >= 11 is 0. The van der Waals surface area contributed by atoms with Crippen molar-refractivity contribution in [3.63, 3.8) is 0 Å². The Labute approximate surface area is 120 Å². The molecule has 5 aliphatic rings. The molecule has 5 rings (SSSR count). The first kappa shape index (κ1) is 12.6. The van der Waals surface area contributed by atoms with Crippen LogP contribution in [-0.4, -0.2) is 22.8 Å². The fourth-order valence-corrected chi connectivity index (χ4v) is 5.94. The molecule has 0 saturated heterocycles. The summed E-state index contributed by atoms with van der Waals surface area (Å²) in [6.07, 6.45) is 9.39. The van der Waals surface area contributed by atoms with Crippen LogP contribution in [0.5, 0.6) is 0 Å². The quantitative estimate of drug-likeness (QED) is 0.725. The van der Waals surface area contributed by atoms with E-state index in [4.69, 9.17) is 0 Å². The van der Waals surface area contributed by atoms with Gasteiger partial charge in [0.25, 0.3) is 11.8 Å². The molecule has 3 nitrogen and oxygen atoms in total. The second-order valence-electron chi connectivity index (χ2n) is 7.80. The molecule has 0 aromatic rings. The van der Waals surface area contributed by atoms with Gasteiger partial charge in [-0.05, 0) is 75.5 Å². The summed E-state index contributed by atoms with van der Waals surface area (Å²) in [5.74, 6) is 2.41. The van der Waals surface area contributed by atoms with Gasteiger partial charge in [-0.1, -0.05) is 0 Å². The van der Waals surface area contributed by atoms with Crippen molar-refractivity contribution in [1.29, 1.82) is 0 Å². The highest BCUT2D eigenvalue weighted by molar-refractivity contribution is 6.16. The van der Waals surface area contributed by atoms with Crippen LogP contribution in [0.2, 0.25) is 0 Å². The summed E-state index contributed by atoms with van der Waals surface area (Å²) in [6.45, 7) is 3.88. The first-order valence-electron chi connectivity index (χ1n) is 8.04. The second-order valence-corrected chi connectivity index (χ2v) is 7.80. The van der Waals surface area contributed by atoms with E-state index in [-0.39, 0.29) is 23.3 Å². The van der Waals surface area contributed by atoms with Crippen LogP contribution in [0.25, 0.3) is 0 Å². The Kier molecular flexibility index (Phi) is 2.49. The van der Waals surface area contributed by atoms with Gasteiger partial charge in [0.1, 0.15) is 0 Å². The maximum atomic E-state index is 12.3. The smallest absolute Gasteiger partial charge is 0.256 e. The normalized spacial score (nSPS) is 44.2. The van der Waals surface area contributed by atoms with Gasteiger partial charge in [-0.25, -0.2) is 0 Å². The van der Waals surface area contributed by atoms with Crippen LogP contribution in [0, 0.1) is 23.2 Å². The van der Waals surface area contributed by atoms with E-state index in [1.54, 1.807) is 11.8 Å². The number of imide groups is 1. The van der Waals surface area contributed by atoms with Crippen LogP contribution in [-0.2, 0) is 9.59 Å². The summed E-state index contributed by atoms with van der Waals surface area (Å²) in [7, 11) is 0. The minimum absolute atomic E-state index is 0.0572. The zero-order chi connectivity index (χ0) is 14.1. The summed E-state index contributed by atoms with van der Waals surface area (Å²) in [6, 6.07) is 0.0737. The molecule has 1 unspecified atom stereocenters. The molecule has 0 radical (unpaired) electrons. The number of carbonyl (C=O) groups excluding carboxylic acids is 2. The van der Waals surface area contributed by atoms with Crippen LogP contribution < -0.4 is 0 Å². The molecule has 0 aromatic carbocycles. The van der Waals surface area contributed by atoms with Gasteiger partial charge < -0.3 is 0 Å². The van der Waals surface area contributed by atoms with Gasteiger partial charge in [0.05, 0.1) is 0 Å². The van der Waals surface area contributed by atoms with Crippen LogP contribution >= 0.6 is 0 Å². The molecule has 3 heteroatoms. The molecule has 4 aliphatic carbocycles. The predicted molar refractivity (Wildman–Crippen MR) is 75.7 cm³/mol. The lowest BCUT2D eigenvalue weighted by Crippen LogP contribution is -2.57. The molecule has 1 heterocycles. The average molecular weight is 273 g/mol. The van der Waals surface area contributed by atoms with Gasteiger partial charge in [-0.3, -0.25) is 14.5 Å². The predicted octanol–water partition coefficient (Wildman–Crippen LogP) is 2.91. The molecular weight excluding hydrogens is 250 g/mol. The number of hydrogen-bond donors (Lipinski definition) is 0. The van der Waals surface area contributed by atoms with Crippen molar-refractivity contribution in [2.45, 2.75) is 58.4 Å². The zero-order valence-electron chi connectivity index (χ0n) is 12.4. The monoisotopic (exact) mass is 273 g/mol. The first-order chi connectivity index (χ1) is 9.48. The van der Waals surface area contributed by atoms with E-state index in [2.05, 4.69) is 6.92 Å². The van der Waals surface area contributed by atoms with E-state index < -0.39 is 0 Å². The molecule has 1 aliphatic heterocycles. The van der Waals surface area contributed by atoms with Gasteiger partial charge >= 0.3 is 0 Å². The number of carbonyl (C=O) groups is 2. The highest BCUT2D eigenvalue weighted by Gasteiger charge is 2.55. The van der Waals surface area contributed by atoms with Crippen molar-refractivity contribution < 1.29 is 9.59 Å². The van der Waals surface area contributed by atoms with Gasteiger partial charge in [-0.15, -0.1) is 0 Å². The third-order valence-corrected chi connectivity index (χ3v) is 6.49. The van der Waals surface area contributed by atoms with Crippen molar-refractivity contribution in [3.8, 4) is 0 Å². The lowest BCUT2D eigenvalue weighted by molar-refractivity contribution is -0.150. The number of amides is 2. The summed E-state index contributed by atoms with van der Waals surface area (Å²) in [5, 5.41) is 0. The Morgan fingerprint density at radius 1 is 1.10 bits per heavy atom. The number of nitrogens with zero attached hydrogens (tertiary/aromatic N) is 1. The van der Waals surface area contributed by atoms with E-state index in [0.29, 0.717) is 5.57 Å². The Balaban J connectivity index is 1.64.